The van der Waals surface area contributed by atoms with E-state index in [2.05, 4.69) is 0 Å². The third-order valence-electron chi connectivity index (χ3n) is 3.47. The van der Waals surface area contributed by atoms with Crippen LogP contribution in [-0.4, -0.2) is 17.4 Å². The van der Waals surface area contributed by atoms with Gasteiger partial charge in [0.15, 0.2) is 5.41 Å². The van der Waals surface area contributed by atoms with E-state index < -0.39 is 28.7 Å². The van der Waals surface area contributed by atoms with Crippen molar-refractivity contribution in [1.82, 2.24) is 0 Å². The van der Waals surface area contributed by atoms with Crippen molar-refractivity contribution in [3.05, 3.63) is 35.4 Å². The highest BCUT2D eigenvalue weighted by Crippen LogP contribution is 2.36. The molecular weight excluding hydrogens is 335 g/mol. The van der Waals surface area contributed by atoms with Gasteiger partial charge in [0.25, 0.3) is 0 Å². The molecule has 7 heteroatoms. The fraction of sp³-hybridized carbons (Fsp3) is 0.500. The maximum atomic E-state index is 13.0. The molecule has 0 saturated heterocycles. The number of ether oxygens (including phenoxy) is 1. The molecular formula is C18H20F3NO3. The molecule has 0 saturated carbocycles. The number of rotatable bonds is 5. The van der Waals surface area contributed by atoms with Gasteiger partial charge in [0.2, 0.25) is 0 Å². The Morgan fingerprint density at radius 3 is 2.16 bits per heavy atom. The molecule has 0 fully saturated rings. The fourth-order valence-electron chi connectivity index (χ4n) is 2.22. The molecule has 136 valence electrons. The number of halogens is 3. The maximum Gasteiger partial charge on any atom is 0.416 e. The molecule has 0 heterocycles. The SMILES string of the molecule is CC(=O)CC[C@@](C#N)(C(=O)OC(C)(C)C)c1cccc(C(F)(F)F)c1. The zero-order chi connectivity index (χ0) is 19.5. The van der Waals surface area contributed by atoms with Crippen LogP contribution in [0.2, 0.25) is 0 Å². The number of nitrogens with zero attached hydrogens (tertiary/aromatic N) is 1. The standard InChI is InChI=1S/C18H20F3NO3/c1-12(23)8-9-17(11-22,15(24)25-16(2,3)4)13-6-5-7-14(10-13)18(19,20)21/h5-7,10H,8-9H2,1-4H3/t17-/m0/s1. The normalized spacial score (nSPS) is 14.3. The number of ketones is 1. The Morgan fingerprint density at radius 2 is 1.72 bits per heavy atom. The number of esters is 1. The van der Waals surface area contributed by atoms with E-state index in [4.69, 9.17) is 4.74 Å². The van der Waals surface area contributed by atoms with E-state index in [1.165, 1.54) is 13.0 Å². The molecule has 25 heavy (non-hydrogen) atoms. The van der Waals surface area contributed by atoms with Gasteiger partial charge in [0.1, 0.15) is 11.4 Å². The largest absolute Gasteiger partial charge is 0.459 e. The van der Waals surface area contributed by atoms with Crippen LogP contribution in [-0.2, 0) is 25.9 Å². The van der Waals surface area contributed by atoms with Crippen LogP contribution in [0.4, 0.5) is 13.2 Å². The predicted molar refractivity (Wildman–Crippen MR) is 84.5 cm³/mol. The number of carbonyl (C=O) groups is 2. The highest BCUT2D eigenvalue weighted by atomic mass is 19.4. The van der Waals surface area contributed by atoms with Gasteiger partial charge < -0.3 is 9.53 Å². The van der Waals surface area contributed by atoms with E-state index in [0.717, 1.165) is 18.2 Å². The van der Waals surface area contributed by atoms with Crippen molar-refractivity contribution < 1.29 is 27.5 Å². The minimum atomic E-state index is -4.62. The van der Waals surface area contributed by atoms with Crippen LogP contribution in [0.15, 0.2) is 24.3 Å². The molecule has 4 nitrogen and oxygen atoms in total. The summed E-state index contributed by atoms with van der Waals surface area (Å²) >= 11 is 0. The molecule has 1 atom stereocenters. The van der Waals surface area contributed by atoms with Gasteiger partial charge in [0.05, 0.1) is 11.6 Å². The summed E-state index contributed by atoms with van der Waals surface area (Å²) in [7, 11) is 0. The van der Waals surface area contributed by atoms with Crippen LogP contribution >= 0.6 is 0 Å². The van der Waals surface area contributed by atoms with Crippen LogP contribution in [0.5, 0.6) is 0 Å². The van der Waals surface area contributed by atoms with Crippen molar-refractivity contribution in [2.75, 3.05) is 0 Å². The molecule has 0 aromatic heterocycles. The van der Waals surface area contributed by atoms with E-state index in [9.17, 15) is 28.0 Å². The number of benzene rings is 1. The summed E-state index contributed by atoms with van der Waals surface area (Å²) < 4.78 is 44.2. The summed E-state index contributed by atoms with van der Waals surface area (Å²) in [4.78, 5) is 24.0. The lowest BCUT2D eigenvalue weighted by atomic mass is 9.77. The first-order chi connectivity index (χ1) is 11.3. The smallest absolute Gasteiger partial charge is 0.416 e. The maximum absolute atomic E-state index is 13.0. The zero-order valence-corrected chi connectivity index (χ0v) is 14.5. The Morgan fingerprint density at radius 1 is 1.16 bits per heavy atom. The Balaban J connectivity index is 3.47. The topological polar surface area (TPSA) is 67.2 Å². The molecule has 0 unspecified atom stereocenters. The van der Waals surface area contributed by atoms with Crippen molar-refractivity contribution in [3.63, 3.8) is 0 Å². The molecule has 0 aliphatic carbocycles. The summed E-state index contributed by atoms with van der Waals surface area (Å²) in [5, 5.41) is 9.66. The van der Waals surface area contributed by atoms with Gasteiger partial charge in [-0.15, -0.1) is 0 Å². The van der Waals surface area contributed by atoms with E-state index in [1.807, 2.05) is 0 Å². The molecule has 0 spiro atoms. The number of alkyl halides is 3. The molecule has 0 radical (unpaired) electrons. The fourth-order valence-corrected chi connectivity index (χ4v) is 2.22. The molecule has 1 rings (SSSR count). The second kappa shape index (κ2) is 7.26. The number of carbonyl (C=O) groups excluding carboxylic acids is 2. The summed E-state index contributed by atoms with van der Waals surface area (Å²) in [5.41, 5.74) is -4.03. The Labute approximate surface area is 144 Å². The van der Waals surface area contributed by atoms with Crippen molar-refractivity contribution in [2.24, 2.45) is 0 Å². The summed E-state index contributed by atoms with van der Waals surface area (Å²) in [6.07, 6.45) is -5.01. The van der Waals surface area contributed by atoms with Gasteiger partial charge >= 0.3 is 12.1 Å². The van der Waals surface area contributed by atoms with E-state index in [0.29, 0.717) is 0 Å². The first kappa shape index (κ1) is 20.7. The van der Waals surface area contributed by atoms with Crippen LogP contribution in [0.25, 0.3) is 0 Å². The third-order valence-corrected chi connectivity index (χ3v) is 3.47. The monoisotopic (exact) mass is 355 g/mol. The Bertz CT molecular complexity index is 699. The van der Waals surface area contributed by atoms with Gasteiger partial charge in [-0.05, 0) is 51.8 Å². The number of nitriles is 1. The number of hydrogen-bond acceptors (Lipinski definition) is 4. The highest BCUT2D eigenvalue weighted by Gasteiger charge is 2.45. The molecule has 0 aliphatic rings. The average molecular weight is 355 g/mol. The van der Waals surface area contributed by atoms with Gasteiger partial charge in [0, 0.05) is 6.42 Å². The summed E-state index contributed by atoms with van der Waals surface area (Å²) in [6, 6.07) is 5.80. The van der Waals surface area contributed by atoms with Crippen molar-refractivity contribution >= 4 is 11.8 Å². The number of Topliss-reactive ketones (excluding diaryl/α,β-unsaturated/α-hetero) is 1. The van der Waals surface area contributed by atoms with Gasteiger partial charge in [-0.25, -0.2) is 4.79 Å². The third kappa shape index (κ3) is 5.31. The van der Waals surface area contributed by atoms with Gasteiger partial charge in [-0.3, -0.25) is 0 Å². The first-order valence-corrected chi connectivity index (χ1v) is 7.64. The van der Waals surface area contributed by atoms with Crippen molar-refractivity contribution in [1.29, 1.82) is 5.26 Å². The molecule has 0 N–H and O–H groups in total. The molecule has 0 bridgehead atoms. The quantitative estimate of drug-likeness (QED) is 0.743. The predicted octanol–water partition coefficient (Wildman–Crippen LogP) is 4.18. The van der Waals surface area contributed by atoms with Crippen LogP contribution in [0, 0.1) is 11.3 Å². The zero-order valence-electron chi connectivity index (χ0n) is 14.5. The lowest BCUT2D eigenvalue weighted by molar-refractivity contribution is -0.160. The van der Waals surface area contributed by atoms with E-state index in [1.54, 1.807) is 26.8 Å². The number of hydrogen-bond donors (Lipinski definition) is 0. The van der Waals surface area contributed by atoms with Crippen LogP contribution in [0.1, 0.15) is 51.7 Å². The second-order valence-corrected chi connectivity index (χ2v) is 6.80. The minimum Gasteiger partial charge on any atom is -0.459 e. The lowest BCUT2D eigenvalue weighted by Crippen LogP contribution is -2.41. The van der Waals surface area contributed by atoms with Crippen molar-refractivity contribution in [3.8, 4) is 6.07 Å². The van der Waals surface area contributed by atoms with E-state index in [-0.39, 0.29) is 24.2 Å². The van der Waals surface area contributed by atoms with Gasteiger partial charge in [-0.2, -0.15) is 18.4 Å². The average Bonchev–Trinajstić information content (AvgIpc) is 2.45. The lowest BCUT2D eigenvalue weighted by Gasteiger charge is -2.30. The molecule has 0 aliphatic heterocycles. The summed E-state index contributed by atoms with van der Waals surface area (Å²) in [6.45, 7) is 6.04. The first-order valence-electron chi connectivity index (χ1n) is 7.64. The molecule has 0 amide bonds. The van der Waals surface area contributed by atoms with Crippen molar-refractivity contribution in [2.45, 2.75) is 57.7 Å². The molecule has 1 aromatic rings. The second-order valence-electron chi connectivity index (χ2n) is 6.80. The molecule has 1 aromatic carbocycles. The van der Waals surface area contributed by atoms with Crippen LogP contribution < -0.4 is 0 Å². The Hall–Kier alpha value is -2.36. The minimum absolute atomic E-state index is 0.136. The summed E-state index contributed by atoms with van der Waals surface area (Å²) in [5.74, 6) is -1.25. The highest BCUT2D eigenvalue weighted by molar-refractivity contribution is 5.88. The van der Waals surface area contributed by atoms with Gasteiger partial charge in [-0.1, -0.05) is 12.1 Å². The Kier molecular flexibility index (Phi) is 6.00. The van der Waals surface area contributed by atoms with E-state index >= 15 is 0 Å². The van der Waals surface area contributed by atoms with Crippen LogP contribution in [0.3, 0.4) is 0 Å².